The number of carbonyl (C=O) groups is 2. The first-order chi connectivity index (χ1) is 18.4. The van der Waals surface area contributed by atoms with Gasteiger partial charge in [-0.15, -0.1) is 0 Å². The number of aryl methyl sites for hydroxylation is 1. The lowest BCUT2D eigenvalue weighted by Crippen LogP contribution is -2.31. The van der Waals surface area contributed by atoms with Crippen LogP contribution in [-0.4, -0.2) is 72.4 Å². The Labute approximate surface area is 231 Å². The van der Waals surface area contributed by atoms with E-state index in [1.165, 1.54) is 7.11 Å². The molecule has 0 N–H and O–H groups in total. The molecule has 4 rings (SSSR count). The van der Waals surface area contributed by atoms with E-state index in [-0.39, 0.29) is 12.0 Å². The first-order valence-electron chi connectivity index (χ1n) is 13.5. The fourth-order valence-electron chi connectivity index (χ4n) is 5.38. The average Bonchev–Trinajstić information content (AvgIpc) is 3.30. The third-order valence-electron chi connectivity index (χ3n) is 7.62. The summed E-state index contributed by atoms with van der Waals surface area (Å²) in [6.07, 6.45) is 2.32. The van der Waals surface area contributed by atoms with E-state index in [1.807, 2.05) is 64.1 Å². The highest BCUT2D eigenvalue weighted by Gasteiger charge is 2.30. The van der Waals surface area contributed by atoms with Crippen LogP contribution in [0.25, 0.3) is 10.9 Å². The zero-order valence-corrected chi connectivity index (χ0v) is 24.4. The largest absolute Gasteiger partial charge is 0.496 e. The van der Waals surface area contributed by atoms with Crippen LogP contribution < -0.4 is 4.74 Å². The molecule has 1 aliphatic rings. The summed E-state index contributed by atoms with van der Waals surface area (Å²) in [6.45, 7) is 12.3. The molecule has 1 saturated heterocycles. The Hall–Kier alpha value is -3.36. The number of likely N-dealkylation sites (N-methyl/N-ethyl adjacent to an activating group) is 1. The van der Waals surface area contributed by atoms with Crippen LogP contribution in [0.1, 0.15) is 67.2 Å². The molecule has 8 heteroatoms. The molecule has 1 aliphatic heterocycles. The second-order valence-corrected chi connectivity index (χ2v) is 11.5. The lowest BCUT2D eigenvalue weighted by atomic mass is 9.96. The van der Waals surface area contributed by atoms with Gasteiger partial charge in [-0.3, -0.25) is 9.47 Å². The van der Waals surface area contributed by atoms with E-state index in [1.54, 1.807) is 17.9 Å². The van der Waals surface area contributed by atoms with Crippen LogP contribution in [0.2, 0.25) is 0 Å². The molecular formula is C31H41N3O5. The van der Waals surface area contributed by atoms with E-state index >= 15 is 0 Å². The van der Waals surface area contributed by atoms with Crippen molar-refractivity contribution in [3.63, 3.8) is 0 Å². The monoisotopic (exact) mass is 535 g/mol. The smallest absolute Gasteiger partial charge is 0.419 e. The van der Waals surface area contributed by atoms with E-state index in [9.17, 15) is 9.59 Å². The molecule has 210 valence electrons. The van der Waals surface area contributed by atoms with Gasteiger partial charge in [0.2, 0.25) is 0 Å². The minimum atomic E-state index is -0.595. The molecule has 1 fully saturated rings. The Kier molecular flexibility index (Phi) is 8.37. The van der Waals surface area contributed by atoms with E-state index in [0.29, 0.717) is 18.2 Å². The number of esters is 1. The minimum Gasteiger partial charge on any atom is -0.496 e. The van der Waals surface area contributed by atoms with Gasteiger partial charge in [0.25, 0.3) is 0 Å². The van der Waals surface area contributed by atoms with Gasteiger partial charge in [-0.25, -0.2) is 9.59 Å². The van der Waals surface area contributed by atoms with E-state index in [4.69, 9.17) is 14.2 Å². The van der Waals surface area contributed by atoms with Crippen LogP contribution in [0.15, 0.2) is 42.6 Å². The number of aromatic nitrogens is 1. The van der Waals surface area contributed by atoms with Crippen LogP contribution in [-0.2, 0) is 16.0 Å². The lowest BCUT2D eigenvalue weighted by molar-refractivity contribution is 0.0542. The first-order valence-corrected chi connectivity index (χ1v) is 13.5. The normalized spacial score (nSPS) is 19.1. The molecule has 2 unspecified atom stereocenters. The number of fused-ring (bicyclic) bond motifs is 1. The molecule has 39 heavy (non-hydrogen) atoms. The Morgan fingerprint density at radius 1 is 1.05 bits per heavy atom. The maximum Gasteiger partial charge on any atom is 0.419 e. The topological polar surface area (TPSA) is 73.2 Å². The number of benzene rings is 2. The molecule has 0 saturated carbocycles. The first kappa shape index (κ1) is 28.6. The molecule has 0 aliphatic carbocycles. The molecule has 2 heterocycles. The van der Waals surface area contributed by atoms with Crippen molar-refractivity contribution in [3.8, 4) is 5.75 Å². The van der Waals surface area contributed by atoms with Crippen LogP contribution in [0.5, 0.6) is 5.75 Å². The second-order valence-electron chi connectivity index (χ2n) is 11.5. The van der Waals surface area contributed by atoms with Crippen molar-refractivity contribution >= 4 is 23.0 Å². The van der Waals surface area contributed by atoms with Crippen LogP contribution in [0.3, 0.4) is 0 Å². The van der Waals surface area contributed by atoms with Crippen molar-refractivity contribution in [2.45, 2.75) is 65.3 Å². The van der Waals surface area contributed by atoms with E-state index in [2.05, 4.69) is 23.8 Å². The highest BCUT2D eigenvalue weighted by atomic mass is 16.6. The number of carbonyl (C=O) groups excluding carboxylic acids is 2. The molecule has 0 spiro atoms. The molecule has 2 atom stereocenters. The van der Waals surface area contributed by atoms with Crippen molar-refractivity contribution in [1.82, 2.24) is 14.4 Å². The molecule has 8 nitrogen and oxygen atoms in total. The van der Waals surface area contributed by atoms with Gasteiger partial charge in [0.15, 0.2) is 0 Å². The highest BCUT2D eigenvalue weighted by molar-refractivity contribution is 5.95. The SMILES string of the molecule is COC(=O)c1ccc(C2CC(C)N(C)CCN2Cc2c(OC)cc(C)c3c2ccn3C(=O)OC(C)(C)C)cc1. The third kappa shape index (κ3) is 6.12. The van der Waals surface area contributed by atoms with Gasteiger partial charge < -0.3 is 19.1 Å². The average molecular weight is 536 g/mol. The molecule has 3 aromatic rings. The maximum atomic E-state index is 13.1. The number of nitrogens with zero attached hydrogens (tertiary/aromatic N) is 3. The Bertz CT molecular complexity index is 1340. The van der Waals surface area contributed by atoms with Gasteiger partial charge in [-0.2, -0.15) is 0 Å². The number of hydrogen-bond donors (Lipinski definition) is 0. The number of hydrogen-bond acceptors (Lipinski definition) is 7. The summed E-state index contributed by atoms with van der Waals surface area (Å²) in [7, 11) is 5.25. The standard InChI is InChI=1S/C31H41N3O5/c1-20-17-27(37-7)25(24-13-14-34(28(20)24)30(36)39-31(3,4)5)19-33-16-15-32(6)21(2)18-26(33)22-9-11-23(12-10-22)29(35)38-8/h9-14,17,21,26H,15-16,18-19H2,1-8H3. The Balaban J connectivity index is 1.76. The van der Waals surface area contributed by atoms with Crippen molar-refractivity contribution in [1.29, 1.82) is 0 Å². The third-order valence-corrected chi connectivity index (χ3v) is 7.62. The van der Waals surface area contributed by atoms with Crippen LogP contribution in [0, 0.1) is 6.92 Å². The van der Waals surface area contributed by atoms with Crippen LogP contribution >= 0.6 is 0 Å². The van der Waals surface area contributed by atoms with Gasteiger partial charge in [0.1, 0.15) is 11.4 Å². The second kappa shape index (κ2) is 11.4. The fourth-order valence-corrected chi connectivity index (χ4v) is 5.38. The maximum absolute atomic E-state index is 13.1. The summed E-state index contributed by atoms with van der Waals surface area (Å²) in [5.74, 6) is 0.459. The predicted molar refractivity (Wildman–Crippen MR) is 153 cm³/mol. The summed E-state index contributed by atoms with van der Waals surface area (Å²) in [4.78, 5) is 29.9. The number of rotatable bonds is 5. The van der Waals surface area contributed by atoms with Crippen molar-refractivity contribution in [3.05, 3.63) is 64.8 Å². The molecular weight excluding hydrogens is 494 g/mol. The van der Waals surface area contributed by atoms with Crippen molar-refractivity contribution < 1.29 is 23.8 Å². The Morgan fingerprint density at radius 3 is 2.36 bits per heavy atom. The van der Waals surface area contributed by atoms with E-state index < -0.39 is 11.7 Å². The Morgan fingerprint density at radius 2 is 1.74 bits per heavy atom. The summed E-state index contributed by atoms with van der Waals surface area (Å²) < 4.78 is 18.1. The summed E-state index contributed by atoms with van der Waals surface area (Å²) >= 11 is 0. The summed E-state index contributed by atoms with van der Waals surface area (Å²) in [6, 6.07) is 12.2. The van der Waals surface area contributed by atoms with Crippen molar-refractivity contribution in [2.75, 3.05) is 34.4 Å². The van der Waals surface area contributed by atoms with E-state index in [0.717, 1.165) is 52.9 Å². The molecule has 0 radical (unpaired) electrons. The molecule has 1 aromatic heterocycles. The van der Waals surface area contributed by atoms with Gasteiger partial charge >= 0.3 is 12.1 Å². The molecule has 2 aromatic carbocycles. The van der Waals surface area contributed by atoms with Crippen LogP contribution in [0.4, 0.5) is 4.79 Å². The summed E-state index contributed by atoms with van der Waals surface area (Å²) in [5.41, 5.74) is 3.91. The number of ether oxygens (including phenoxy) is 3. The van der Waals surface area contributed by atoms with Gasteiger partial charge in [-0.1, -0.05) is 12.1 Å². The molecule has 0 amide bonds. The zero-order chi connectivity index (χ0) is 28.5. The van der Waals surface area contributed by atoms with Gasteiger partial charge in [0.05, 0.1) is 25.3 Å². The minimum absolute atomic E-state index is 0.130. The van der Waals surface area contributed by atoms with Crippen molar-refractivity contribution in [2.24, 2.45) is 0 Å². The fraction of sp³-hybridized carbons (Fsp3) is 0.484. The highest BCUT2D eigenvalue weighted by Crippen LogP contribution is 2.37. The van der Waals surface area contributed by atoms with Gasteiger partial charge in [0, 0.05) is 48.9 Å². The quantitative estimate of drug-likeness (QED) is 0.383. The summed E-state index contributed by atoms with van der Waals surface area (Å²) in [5, 5.41) is 0.975. The number of methoxy groups -OCH3 is 2. The predicted octanol–water partition coefficient (Wildman–Crippen LogP) is 5.80. The molecule has 0 bridgehead atoms. The zero-order valence-electron chi connectivity index (χ0n) is 24.4. The van der Waals surface area contributed by atoms with Gasteiger partial charge in [-0.05, 0) is 83.5 Å². The lowest BCUT2D eigenvalue weighted by Gasteiger charge is -2.31.